The molecule has 1 aromatic carbocycles. The van der Waals surface area contributed by atoms with Gasteiger partial charge in [0.1, 0.15) is 11.6 Å². The van der Waals surface area contributed by atoms with E-state index in [-0.39, 0.29) is 12.2 Å². The number of nitrogens with one attached hydrogen (secondary N) is 1. The highest BCUT2D eigenvalue weighted by Gasteiger charge is 2.03. The van der Waals surface area contributed by atoms with Crippen molar-refractivity contribution in [2.24, 2.45) is 0 Å². The van der Waals surface area contributed by atoms with Crippen LogP contribution >= 0.6 is 0 Å². The average molecular weight is 187 g/mol. The van der Waals surface area contributed by atoms with E-state index in [9.17, 15) is 8.78 Å². The molecule has 72 valence electrons. The van der Waals surface area contributed by atoms with Crippen LogP contribution in [0.4, 0.5) is 14.5 Å². The summed E-state index contributed by atoms with van der Waals surface area (Å²) in [7, 11) is 0. The molecule has 0 bridgehead atoms. The van der Waals surface area contributed by atoms with Gasteiger partial charge in [-0.2, -0.15) is 0 Å². The molecule has 0 aliphatic rings. The van der Waals surface area contributed by atoms with Crippen LogP contribution in [0, 0.1) is 11.6 Å². The van der Waals surface area contributed by atoms with E-state index in [2.05, 4.69) is 5.32 Å². The van der Waals surface area contributed by atoms with Gasteiger partial charge >= 0.3 is 0 Å². The minimum absolute atomic E-state index is 0.0703. The van der Waals surface area contributed by atoms with Gasteiger partial charge in [0.2, 0.25) is 0 Å². The second-order valence-corrected chi connectivity index (χ2v) is 2.85. The number of hydrogen-bond donors (Lipinski definition) is 2. The van der Waals surface area contributed by atoms with Crippen LogP contribution in [-0.4, -0.2) is 17.8 Å². The molecule has 0 amide bonds. The van der Waals surface area contributed by atoms with Gasteiger partial charge in [-0.1, -0.05) is 0 Å². The standard InChI is InChI=1S/C9H11F2NO/c1-6(13)5-12-9-4-7(10)2-3-8(9)11/h2-4,6,12-13H,5H2,1H3/t6-/m1/s1. The molecule has 2 N–H and O–H groups in total. The molecule has 0 aromatic heterocycles. The SMILES string of the molecule is C[C@@H](O)CNc1cc(F)ccc1F. The van der Waals surface area contributed by atoms with Crippen LogP contribution < -0.4 is 5.32 Å². The van der Waals surface area contributed by atoms with E-state index in [0.717, 1.165) is 18.2 Å². The van der Waals surface area contributed by atoms with Crippen molar-refractivity contribution in [3.63, 3.8) is 0 Å². The van der Waals surface area contributed by atoms with Crippen molar-refractivity contribution in [2.45, 2.75) is 13.0 Å². The maximum atomic E-state index is 12.9. The lowest BCUT2D eigenvalue weighted by atomic mass is 10.3. The Bertz CT molecular complexity index is 289. The van der Waals surface area contributed by atoms with Crippen molar-refractivity contribution in [2.75, 3.05) is 11.9 Å². The summed E-state index contributed by atoms with van der Waals surface area (Å²) in [6.45, 7) is 1.75. The van der Waals surface area contributed by atoms with Gasteiger partial charge in [0.15, 0.2) is 0 Å². The summed E-state index contributed by atoms with van der Waals surface area (Å²) < 4.78 is 25.5. The molecule has 4 heteroatoms. The fourth-order valence-electron chi connectivity index (χ4n) is 0.891. The molecule has 0 aliphatic carbocycles. The largest absolute Gasteiger partial charge is 0.392 e. The molecule has 1 aromatic rings. The molecule has 0 unspecified atom stereocenters. The van der Waals surface area contributed by atoms with Crippen LogP contribution in [0.3, 0.4) is 0 Å². The van der Waals surface area contributed by atoms with Crippen molar-refractivity contribution in [3.8, 4) is 0 Å². The molecular weight excluding hydrogens is 176 g/mol. The number of hydrogen-bond acceptors (Lipinski definition) is 2. The molecule has 0 fully saturated rings. The monoisotopic (exact) mass is 187 g/mol. The summed E-state index contributed by atoms with van der Waals surface area (Å²) in [6, 6.07) is 3.14. The molecule has 0 saturated carbocycles. The maximum absolute atomic E-state index is 12.9. The summed E-state index contributed by atoms with van der Waals surface area (Å²) in [6.07, 6.45) is -0.595. The number of anilines is 1. The van der Waals surface area contributed by atoms with Gasteiger partial charge in [0.25, 0.3) is 0 Å². The van der Waals surface area contributed by atoms with Crippen LogP contribution in [0.1, 0.15) is 6.92 Å². The first-order chi connectivity index (χ1) is 6.09. The summed E-state index contributed by atoms with van der Waals surface area (Å²) >= 11 is 0. The van der Waals surface area contributed by atoms with Crippen molar-refractivity contribution in [1.82, 2.24) is 0 Å². The van der Waals surface area contributed by atoms with Crippen LogP contribution in [0.5, 0.6) is 0 Å². The minimum atomic E-state index is -0.595. The van der Waals surface area contributed by atoms with Gasteiger partial charge < -0.3 is 10.4 Å². The van der Waals surface area contributed by atoms with Crippen molar-refractivity contribution >= 4 is 5.69 Å². The number of aliphatic hydroxyl groups excluding tert-OH is 1. The predicted octanol–water partition coefficient (Wildman–Crippen LogP) is 1.76. The quantitative estimate of drug-likeness (QED) is 0.755. The fourth-order valence-corrected chi connectivity index (χ4v) is 0.891. The van der Waals surface area contributed by atoms with Crippen molar-refractivity contribution in [3.05, 3.63) is 29.8 Å². The van der Waals surface area contributed by atoms with Gasteiger partial charge in [-0.3, -0.25) is 0 Å². The van der Waals surface area contributed by atoms with Gasteiger partial charge in [0.05, 0.1) is 11.8 Å². The van der Waals surface area contributed by atoms with E-state index < -0.39 is 17.7 Å². The van der Waals surface area contributed by atoms with E-state index in [1.54, 1.807) is 6.92 Å². The first-order valence-electron chi connectivity index (χ1n) is 3.96. The Labute approximate surface area is 75.2 Å². The lowest BCUT2D eigenvalue weighted by Crippen LogP contribution is -2.16. The number of aliphatic hydroxyl groups is 1. The summed E-state index contributed by atoms with van der Waals surface area (Å²) in [5.41, 5.74) is 0.0703. The summed E-state index contributed by atoms with van der Waals surface area (Å²) in [4.78, 5) is 0. The highest BCUT2D eigenvalue weighted by molar-refractivity contribution is 5.44. The van der Waals surface area contributed by atoms with Crippen molar-refractivity contribution < 1.29 is 13.9 Å². The van der Waals surface area contributed by atoms with E-state index in [0.29, 0.717) is 0 Å². The molecule has 0 radical (unpaired) electrons. The zero-order valence-corrected chi connectivity index (χ0v) is 7.22. The Morgan fingerprint density at radius 2 is 2.15 bits per heavy atom. The summed E-state index contributed by atoms with van der Waals surface area (Å²) in [5, 5.41) is 11.5. The maximum Gasteiger partial charge on any atom is 0.146 e. The zero-order chi connectivity index (χ0) is 9.84. The molecule has 1 rings (SSSR count). The Kier molecular flexibility index (Phi) is 3.19. The first kappa shape index (κ1) is 9.92. The third-order valence-corrected chi connectivity index (χ3v) is 1.52. The second kappa shape index (κ2) is 4.18. The normalized spacial score (nSPS) is 12.6. The highest BCUT2D eigenvalue weighted by atomic mass is 19.1. The molecule has 2 nitrogen and oxygen atoms in total. The number of halogens is 2. The predicted molar refractivity (Wildman–Crippen MR) is 46.5 cm³/mol. The first-order valence-corrected chi connectivity index (χ1v) is 3.96. The molecule has 0 spiro atoms. The highest BCUT2D eigenvalue weighted by Crippen LogP contribution is 2.14. The van der Waals surface area contributed by atoms with Crippen molar-refractivity contribution in [1.29, 1.82) is 0 Å². The van der Waals surface area contributed by atoms with E-state index >= 15 is 0 Å². The lowest BCUT2D eigenvalue weighted by Gasteiger charge is -2.08. The Hall–Kier alpha value is -1.16. The molecular formula is C9H11F2NO. The minimum Gasteiger partial charge on any atom is -0.392 e. The van der Waals surface area contributed by atoms with E-state index in [1.807, 2.05) is 0 Å². The van der Waals surface area contributed by atoms with Gasteiger partial charge in [-0.05, 0) is 25.1 Å². The van der Waals surface area contributed by atoms with Gasteiger partial charge in [-0.25, -0.2) is 8.78 Å². The van der Waals surface area contributed by atoms with Gasteiger partial charge in [-0.15, -0.1) is 0 Å². The zero-order valence-electron chi connectivity index (χ0n) is 7.22. The topological polar surface area (TPSA) is 32.3 Å². The average Bonchev–Trinajstić information content (AvgIpc) is 2.06. The van der Waals surface area contributed by atoms with E-state index in [1.165, 1.54) is 0 Å². The molecule has 1 atom stereocenters. The third kappa shape index (κ3) is 2.99. The van der Waals surface area contributed by atoms with Crippen LogP contribution in [0.15, 0.2) is 18.2 Å². The molecule has 0 heterocycles. The second-order valence-electron chi connectivity index (χ2n) is 2.85. The number of rotatable bonds is 3. The van der Waals surface area contributed by atoms with E-state index in [4.69, 9.17) is 5.11 Å². The van der Waals surface area contributed by atoms with Crippen LogP contribution in [0.25, 0.3) is 0 Å². The number of benzene rings is 1. The van der Waals surface area contributed by atoms with Gasteiger partial charge in [0, 0.05) is 6.54 Å². The van der Waals surface area contributed by atoms with Crippen LogP contribution in [-0.2, 0) is 0 Å². The van der Waals surface area contributed by atoms with Crippen LogP contribution in [0.2, 0.25) is 0 Å². The lowest BCUT2D eigenvalue weighted by molar-refractivity contribution is 0.208. The Morgan fingerprint density at radius 1 is 1.46 bits per heavy atom. The Balaban J connectivity index is 2.70. The smallest absolute Gasteiger partial charge is 0.146 e. The fraction of sp³-hybridized carbons (Fsp3) is 0.333. The molecule has 0 aliphatic heterocycles. The third-order valence-electron chi connectivity index (χ3n) is 1.52. The molecule has 0 saturated heterocycles. The summed E-state index contributed by atoms with van der Waals surface area (Å²) in [5.74, 6) is -1.03. The molecule has 13 heavy (non-hydrogen) atoms. The Morgan fingerprint density at radius 3 is 2.77 bits per heavy atom.